The van der Waals surface area contributed by atoms with Crippen LogP contribution in [0.15, 0.2) is 23.4 Å². The lowest BCUT2D eigenvalue weighted by molar-refractivity contribution is 0.0170. The second kappa shape index (κ2) is 6.32. The molecule has 1 aromatic heterocycles. The van der Waals surface area contributed by atoms with Crippen LogP contribution in [-0.2, 0) is 10.0 Å². The van der Waals surface area contributed by atoms with Gasteiger partial charge in [0.2, 0.25) is 10.0 Å². The van der Waals surface area contributed by atoms with E-state index in [0.29, 0.717) is 6.07 Å². The van der Waals surface area contributed by atoms with Crippen LogP contribution in [-0.4, -0.2) is 32.4 Å². The molecule has 0 aliphatic heterocycles. The van der Waals surface area contributed by atoms with Crippen LogP contribution in [0.1, 0.15) is 0 Å². The molecule has 0 fully saturated rings. The van der Waals surface area contributed by atoms with Crippen molar-refractivity contribution in [3.05, 3.63) is 24.3 Å². The highest BCUT2D eigenvalue weighted by molar-refractivity contribution is 7.89. The molecule has 3 N–H and O–H groups in total. The maximum absolute atomic E-state index is 12.7. The van der Waals surface area contributed by atoms with Gasteiger partial charge in [0, 0.05) is 6.20 Å². The maximum atomic E-state index is 12.7. The third-order valence-electron chi connectivity index (χ3n) is 1.81. The van der Waals surface area contributed by atoms with Crippen LogP contribution < -0.4 is 10.5 Å². The van der Waals surface area contributed by atoms with Crippen molar-refractivity contribution in [2.45, 2.75) is 10.8 Å². The Hall–Kier alpha value is -0.900. The molecule has 0 radical (unpaired) electrons. The summed E-state index contributed by atoms with van der Waals surface area (Å²) in [6, 6.07) is 0.677. The number of alkyl halides is 2. The molecular formula is C8H11ClF3N3O2S. The minimum atomic E-state index is -4.21. The second-order valence-corrected chi connectivity index (χ2v) is 4.99. The average Bonchev–Trinajstić information content (AvgIpc) is 2.27. The lowest BCUT2D eigenvalue weighted by Gasteiger charge is -2.14. The monoisotopic (exact) mass is 305 g/mol. The molecule has 5 nitrogen and oxygen atoms in total. The number of nitrogens with one attached hydrogen (secondary N) is 1. The third-order valence-corrected chi connectivity index (χ3v) is 3.18. The summed E-state index contributed by atoms with van der Waals surface area (Å²) >= 11 is 0. The summed E-state index contributed by atoms with van der Waals surface area (Å²) in [4.78, 5) is 2.79. The first-order chi connectivity index (χ1) is 7.77. The molecule has 104 valence electrons. The van der Waals surface area contributed by atoms with Crippen LogP contribution in [0.5, 0.6) is 0 Å². The van der Waals surface area contributed by atoms with Gasteiger partial charge in [-0.1, -0.05) is 0 Å². The number of sulfonamides is 1. The molecule has 0 bridgehead atoms. The topological polar surface area (TPSA) is 85.1 Å². The molecule has 1 heterocycles. The van der Waals surface area contributed by atoms with Gasteiger partial charge in [-0.3, -0.25) is 4.98 Å². The predicted octanol–water partition coefficient (Wildman–Crippen LogP) is 0.515. The van der Waals surface area contributed by atoms with Crippen LogP contribution >= 0.6 is 12.4 Å². The number of pyridine rings is 1. The fourth-order valence-electron chi connectivity index (χ4n) is 0.895. The molecule has 0 spiro atoms. The molecule has 0 saturated carbocycles. The summed E-state index contributed by atoms with van der Waals surface area (Å²) in [5.41, 5.74) is 4.74. The van der Waals surface area contributed by atoms with E-state index < -0.39 is 39.7 Å². The average molecular weight is 306 g/mol. The number of aromatic nitrogens is 1. The van der Waals surface area contributed by atoms with Gasteiger partial charge in [0.25, 0.3) is 5.92 Å². The van der Waals surface area contributed by atoms with Gasteiger partial charge in [0.1, 0.15) is 10.7 Å². The zero-order valence-corrected chi connectivity index (χ0v) is 10.6. The van der Waals surface area contributed by atoms with Crippen LogP contribution in [0.25, 0.3) is 0 Å². The Balaban J connectivity index is 0.00000289. The van der Waals surface area contributed by atoms with Crippen LogP contribution in [0.3, 0.4) is 0 Å². The molecule has 10 heteroatoms. The van der Waals surface area contributed by atoms with Gasteiger partial charge in [-0.05, 0) is 6.07 Å². The van der Waals surface area contributed by atoms with Gasteiger partial charge in [0.15, 0.2) is 0 Å². The summed E-state index contributed by atoms with van der Waals surface area (Å²) in [7, 11) is -4.21. The van der Waals surface area contributed by atoms with Crippen molar-refractivity contribution in [3.63, 3.8) is 0 Å². The van der Waals surface area contributed by atoms with Crippen LogP contribution in [0.4, 0.5) is 13.2 Å². The van der Waals surface area contributed by atoms with Gasteiger partial charge >= 0.3 is 0 Å². The van der Waals surface area contributed by atoms with Crippen LogP contribution in [0, 0.1) is 5.82 Å². The Morgan fingerprint density at radius 1 is 1.39 bits per heavy atom. The quantitative estimate of drug-likeness (QED) is 0.830. The third kappa shape index (κ3) is 4.77. The standard InChI is InChI=1S/C8H10F3N3O2S.ClH/c9-6-1-7(3-13-2-6)17(15,16)14-5-8(10,11)4-12;/h1-3,14H,4-5,12H2;1H. The van der Waals surface area contributed by atoms with Gasteiger partial charge in [-0.15, -0.1) is 12.4 Å². The lowest BCUT2D eigenvalue weighted by atomic mass is 10.3. The molecule has 18 heavy (non-hydrogen) atoms. The predicted molar refractivity (Wildman–Crippen MR) is 60.6 cm³/mol. The Labute approximate surface area is 108 Å². The Morgan fingerprint density at radius 3 is 2.50 bits per heavy atom. The van der Waals surface area contributed by atoms with E-state index in [0.717, 1.165) is 12.4 Å². The van der Waals surface area contributed by atoms with E-state index >= 15 is 0 Å². The number of nitrogens with two attached hydrogens (primary N) is 1. The van der Waals surface area contributed by atoms with Gasteiger partial charge in [0.05, 0.1) is 19.3 Å². The smallest absolute Gasteiger partial charge is 0.273 e. The number of hydrogen-bond acceptors (Lipinski definition) is 4. The summed E-state index contributed by atoms with van der Waals surface area (Å²) in [6.07, 6.45) is 1.65. The molecule has 0 saturated heterocycles. The molecule has 0 atom stereocenters. The summed E-state index contributed by atoms with van der Waals surface area (Å²) < 4.78 is 62.7. The minimum Gasteiger partial charge on any atom is -0.325 e. The highest BCUT2D eigenvalue weighted by Crippen LogP contribution is 2.12. The lowest BCUT2D eigenvalue weighted by Crippen LogP contribution is -2.41. The fraction of sp³-hybridized carbons (Fsp3) is 0.375. The fourth-order valence-corrected chi connectivity index (χ4v) is 1.93. The number of halogens is 4. The first kappa shape index (κ1) is 17.1. The van der Waals surface area contributed by atoms with E-state index in [-0.39, 0.29) is 12.4 Å². The van der Waals surface area contributed by atoms with Gasteiger partial charge < -0.3 is 5.73 Å². The van der Waals surface area contributed by atoms with E-state index in [1.807, 2.05) is 0 Å². The largest absolute Gasteiger partial charge is 0.325 e. The molecule has 0 aliphatic carbocycles. The summed E-state index contributed by atoms with van der Waals surface area (Å²) in [5.74, 6) is -4.23. The van der Waals surface area contributed by atoms with Crippen LogP contribution in [0.2, 0.25) is 0 Å². The summed E-state index contributed by atoms with van der Waals surface area (Å²) in [5, 5.41) is 0. The Kier molecular flexibility index (Phi) is 6.00. The second-order valence-electron chi connectivity index (χ2n) is 3.22. The van der Waals surface area contributed by atoms with Crippen molar-refractivity contribution >= 4 is 22.4 Å². The van der Waals surface area contributed by atoms with Crippen molar-refractivity contribution in [1.29, 1.82) is 0 Å². The van der Waals surface area contributed by atoms with Gasteiger partial charge in [-0.25, -0.2) is 26.3 Å². The molecule has 0 aromatic carbocycles. The van der Waals surface area contributed by atoms with E-state index in [4.69, 9.17) is 5.73 Å². The first-order valence-corrected chi connectivity index (χ1v) is 5.93. The number of hydrogen-bond donors (Lipinski definition) is 2. The normalized spacial score (nSPS) is 12.0. The van der Waals surface area contributed by atoms with Crippen molar-refractivity contribution in [2.24, 2.45) is 5.73 Å². The van der Waals surface area contributed by atoms with Crippen molar-refractivity contribution in [2.75, 3.05) is 13.1 Å². The first-order valence-electron chi connectivity index (χ1n) is 4.45. The molecular weight excluding hydrogens is 295 g/mol. The van der Waals surface area contributed by atoms with E-state index in [1.165, 1.54) is 0 Å². The van der Waals surface area contributed by atoms with Crippen molar-refractivity contribution in [3.8, 4) is 0 Å². The Morgan fingerprint density at radius 2 is 2.00 bits per heavy atom. The van der Waals surface area contributed by atoms with E-state index in [9.17, 15) is 21.6 Å². The summed E-state index contributed by atoms with van der Waals surface area (Å²) in [6.45, 7) is -2.14. The molecule has 0 aliphatic rings. The highest BCUT2D eigenvalue weighted by atomic mass is 35.5. The van der Waals surface area contributed by atoms with E-state index in [1.54, 1.807) is 4.72 Å². The Bertz CT molecular complexity index is 498. The number of rotatable bonds is 5. The molecule has 1 rings (SSSR count). The SMILES string of the molecule is Cl.NCC(F)(F)CNS(=O)(=O)c1cncc(F)c1. The van der Waals surface area contributed by atoms with E-state index in [2.05, 4.69) is 4.98 Å². The molecule has 0 amide bonds. The number of nitrogens with zero attached hydrogens (tertiary/aromatic N) is 1. The van der Waals surface area contributed by atoms with Crippen molar-refractivity contribution < 1.29 is 21.6 Å². The zero-order valence-electron chi connectivity index (χ0n) is 8.94. The van der Waals surface area contributed by atoms with Gasteiger partial charge in [-0.2, -0.15) is 0 Å². The molecule has 1 aromatic rings. The highest BCUT2D eigenvalue weighted by Gasteiger charge is 2.29. The minimum absolute atomic E-state index is 0. The molecule has 0 unspecified atom stereocenters. The zero-order chi connectivity index (χ0) is 13.1. The maximum Gasteiger partial charge on any atom is 0.273 e. The van der Waals surface area contributed by atoms with Crippen molar-refractivity contribution in [1.82, 2.24) is 9.71 Å².